The zero-order valence-corrected chi connectivity index (χ0v) is 14.0. The van der Waals surface area contributed by atoms with E-state index in [-0.39, 0.29) is 45.0 Å². The van der Waals surface area contributed by atoms with Crippen molar-refractivity contribution < 1.29 is 23.8 Å². The van der Waals surface area contributed by atoms with Gasteiger partial charge in [0.2, 0.25) is 5.43 Å². The minimum atomic E-state index is -0.293. The van der Waals surface area contributed by atoms with Crippen molar-refractivity contribution in [3.63, 3.8) is 0 Å². The quantitative estimate of drug-likeness (QED) is 0.733. The fourth-order valence-corrected chi connectivity index (χ4v) is 2.75. The van der Waals surface area contributed by atoms with Crippen LogP contribution >= 0.6 is 0 Å². The molecule has 0 spiro atoms. The summed E-state index contributed by atoms with van der Waals surface area (Å²) in [4.78, 5) is 24.9. The summed E-state index contributed by atoms with van der Waals surface area (Å²) in [6, 6.07) is 7.68. The van der Waals surface area contributed by atoms with E-state index in [0.29, 0.717) is 11.1 Å². The Hall–Kier alpha value is -3.28. The summed E-state index contributed by atoms with van der Waals surface area (Å²) >= 11 is 0. The molecule has 0 saturated heterocycles. The molecule has 0 aliphatic carbocycles. The number of methoxy groups -OCH3 is 2. The summed E-state index contributed by atoms with van der Waals surface area (Å²) in [5, 5.41) is 9.64. The molecule has 6 heteroatoms. The van der Waals surface area contributed by atoms with E-state index in [9.17, 15) is 14.7 Å². The first-order valence-electron chi connectivity index (χ1n) is 7.48. The van der Waals surface area contributed by atoms with Gasteiger partial charge >= 0.3 is 0 Å². The van der Waals surface area contributed by atoms with Crippen LogP contribution in [-0.4, -0.2) is 25.1 Å². The second-order valence-electron chi connectivity index (χ2n) is 5.45. The molecule has 128 valence electrons. The Morgan fingerprint density at radius 3 is 2.36 bits per heavy atom. The van der Waals surface area contributed by atoms with Crippen molar-refractivity contribution in [2.24, 2.45) is 0 Å². The van der Waals surface area contributed by atoms with Gasteiger partial charge in [-0.2, -0.15) is 0 Å². The van der Waals surface area contributed by atoms with E-state index < -0.39 is 0 Å². The van der Waals surface area contributed by atoms with Crippen molar-refractivity contribution in [1.82, 2.24) is 0 Å². The molecule has 0 radical (unpaired) electrons. The molecule has 1 aromatic heterocycles. The van der Waals surface area contributed by atoms with E-state index in [0.717, 1.165) is 0 Å². The third-order valence-corrected chi connectivity index (χ3v) is 3.94. The number of hydrogen-bond donors (Lipinski definition) is 1. The third-order valence-electron chi connectivity index (χ3n) is 3.94. The predicted octanol–water partition coefficient (Wildman–Crippen LogP) is 3.39. The highest BCUT2D eigenvalue weighted by molar-refractivity contribution is 6.05. The number of phenolic OH excluding ortho intramolecular Hbond substituents is 1. The van der Waals surface area contributed by atoms with Gasteiger partial charge < -0.3 is 19.0 Å². The lowest BCUT2D eigenvalue weighted by Crippen LogP contribution is -2.09. The number of rotatable bonds is 4. The number of ether oxygens (including phenoxy) is 2. The Bertz CT molecular complexity index is 1010. The van der Waals surface area contributed by atoms with Crippen LogP contribution < -0.4 is 14.9 Å². The Morgan fingerprint density at radius 2 is 1.80 bits per heavy atom. The molecule has 3 aromatic rings. The van der Waals surface area contributed by atoms with Gasteiger partial charge in [0.1, 0.15) is 23.3 Å². The van der Waals surface area contributed by atoms with E-state index in [2.05, 4.69) is 0 Å². The maximum atomic E-state index is 12.9. The number of aromatic hydroxyl groups is 1. The Labute approximate surface area is 143 Å². The summed E-state index contributed by atoms with van der Waals surface area (Å²) in [5.41, 5.74) is 1.03. The van der Waals surface area contributed by atoms with E-state index in [1.54, 1.807) is 12.1 Å². The van der Waals surface area contributed by atoms with Gasteiger partial charge in [0.05, 0.1) is 25.2 Å². The molecule has 3 rings (SSSR count). The predicted molar refractivity (Wildman–Crippen MR) is 92.7 cm³/mol. The number of carbonyl (C=O) groups excluding carboxylic acids is 1. The number of phenols is 1. The van der Waals surface area contributed by atoms with Crippen molar-refractivity contribution >= 4 is 16.8 Å². The molecule has 0 fully saturated rings. The fraction of sp³-hybridized carbons (Fsp3) is 0.158. The second kappa shape index (κ2) is 6.32. The Morgan fingerprint density at radius 1 is 1.12 bits per heavy atom. The van der Waals surface area contributed by atoms with Crippen LogP contribution in [0.15, 0.2) is 45.8 Å². The fourth-order valence-electron chi connectivity index (χ4n) is 2.75. The number of carbonyl (C=O) groups is 1. The van der Waals surface area contributed by atoms with Gasteiger partial charge in [-0.1, -0.05) is 12.1 Å². The molecule has 0 saturated carbocycles. The molecule has 1 N–H and O–H groups in total. The molecule has 0 bridgehead atoms. The summed E-state index contributed by atoms with van der Waals surface area (Å²) in [6.45, 7) is 1.38. The first kappa shape index (κ1) is 16.6. The van der Waals surface area contributed by atoms with E-state index in [1.165, 1.54) is 45.6 Å². The Kier molecular flexibility index (Phi) is 4.19. The summed E-state index contributed by atoms with van der Waals surface area (Å²) in [6.07, 6.45) is 1.32. The van der Waals surface area contributed by atoms with Crippen LogP contribution in [-0.2, 0) is 0 Å². The molecule has 0 amide bonds. The zero-order chi connectivity index (χ0) is 18.1. The summed E-state index contributed by atoms with van der Waals surface area (Å²) in [7, 11) is 2.81. The largest absolute Gasteiger partial charge is 0.508 e. The van der Waals surface area contributed by atoms with Crippen LogP contribution in [0.3, 0.4) is 0 Å². The van der Waals surface area contributed by atoms with Crippen LogP contribution in [0.25, 0.3) is 22.1 Å². The third kappa shape index (κ3) is 2.71. The molecule has 6 nitrogen and oxygen atoms in total. The van der Waals surface area contributed by atoms with E-state index >= 15 is 0 Å². The monoisotopic (exact) mass is 340 g/mol. The van der Waals surface area contributed by atoms with Crippen molar-refractivity contribution in [3.05, 3.63) is 52.4 Å². The molecular weight excluding hydrogens is 324 g/mol. The van der Waals surface area contributed by atoms with Gasteiger partial charge in [-0.15, -0.1) is 0 Å². The zero-order valence-electron chi connectivity index (χ0n) is 14.0. The number of benzene rings is 2. The maximum absolute atomic E-state index is 12.9. The summed E-state index contributed by atoms with van der Waals surface area (Å²) in [5.74, 6) is 0.243. The summed E-state index contributed by atoms with van der Waals surface area (Å²) < 4.78 is 16.2. The van der Waals surface area contributed by atoms with Crippen LogP contribution in [0.2, 0.25) is 0 Å². The van der Waals surface area contributed by atoms with Crippen LogP contribution in [0, 0.1) is 0 Å². The lowest BCUT2D eigenvalue weighted by atomic mass is 10.0. The van der Waals surface area contributed by atoms with Crippen molar-refractivity contribution in [1.29, 1.82) is 0 Å². The molecule has 25 heavy (non-hydrogen) atoms. The highest BCUT2D eigenvalue weighted by Gasteiger charge is 2.22. The second-order valence-corrected chi connectivity index (χ2v) is 5.45. The van der Waals surface area contributed by atoms with Gasteiger partial charge in [0.25, 0.3) is 0 Å². The van der Waals surface area contributed by atoms with Gasteiger partial charge in [-0.05, 0) is 30.7 Å². The highest BCUT2D eigenvalue weighted by Crippen LogP contribution is 2.37. The minimum absolute atomic E-state index is 0.100. The molecule has 2 aromatic carbocycles. The van der Waals surface area contributed by atoms with Crippen molar-refractivity contribution in [2.45, 2.75) is 6.92 Å². The number of hydrogen-bond acceptors (Lipinski definition) is 6. The highest BCUT2D eigenvalue weighted by atomic mass is 16.5. The molecule has 0 unspecified atom stereocenters. The number of Topliss-reactive ketones (excluding diaryl/α,β-unsaturated/α-hetero) is 1. The SMILES string of the molecule is COc1cc2c(=O)c(-c3ccc(O)cc3)coc2c(OC)c1C(C)=O. The first-order chi connectivity index (χ1) is 12.0. The lowest BCUT2D eigenvalue weighted by Gasteiger charge is -2.13. The van der Waals surface area contributed by atoms with Crippen molar-refractivity contribution in [3.8, 4) is 28.4 Å². The molecule has 0 aliphatic rings. The van der Waals surface area contributed by atoms with Crippen LogP contribution in [0.5, 0.6) is 17.2 Å². The van der Waals surface area contributed by atoms with Gasteiger partial charge in [0.15, 0.2) is 17.1 Å². The van der Waals surface area contributed by atoms with Gasteiger partial charge in [-0.25, -0.2) is 0 Å². The maximum Gasteiger partial charge on any atom is 0.200 e. The topological polar surface area (TPSA) is 86.0 Å². The molecule has 1 heterocycles. The van der Waals surface area contributed by atoms with Crippen LogP contribution in [0.1, 0.15) is 17.3 Å². The minimum Gasteiger partial charge on any atom is -0.508 e. The number of ketones is 1. The molecular formula is C19H16O6. The first-order valence-corrected chi connectivity index (χ1v) is 7.48. The van der Waals surface area contributed by atoms with Gasteiger partial charge in [-0.3, -0.25) is 9.59 Å². The average Bonchev–Trinajstić information content (AvgIpc) is 2.61. The molecule has 0 atom stereocenters. The standard InChI is InChI=1S/C19H16O6/c1-10(20)16-15(23-2)8-13-17(22)14(9-25-18(13)19(16)24-3)11-4-6-12(21)7-5-11/h4-9,21H,1-3H3. The number of fused-ring (bicyclic) bond motifs is 1. The van der Waals surface area contributed by atoms with Crippen molar-refractivity contribution in [2.75, 3.05) is 14.2 Å². The normalized spacial score (nSPS) is 10.7. The smallest absolute Gasteiger partial charge is 0.200 e. The van der Waals surface area contributed by atoms with E-state index in [4.69, 9.17) is 13.9 Å². The average molecular weight is 340 g/mol. The lowest BCUT2D eigenvalue weighted by molar-refractivity contribution is 0.101. The van der Waals surface area contributed by atoms with Crippen LogP contribution in [0.4, 0.5) is 0 Å². The van der Waals surface area contributed by atoms with Gasteiger partial charge in [0, 0.05) is 0 Å². The Balaban J connectivity index is 2.36. The van der Waals surface area contributed by atoms with E-state index in [1.807, 2.05) is 0 Å². The molecule has 0 aliphatic heterocycles.